The number of hydrogen-bond acceptors (Lipinski definition) is 2. The summed E-state index contributed by atoms with van der Waals surface area (Å²) in [7, 11) is 0. The molecule has 1 aliphatic rings. The summed E-state index contributed by atoms with van der Waals surface area (Å²) < 4.78 is 18.8. The molecule has 0 fully saturated rings. The molecule has 0 aliphatic heterocycles. The summed E-state index contributed by atoms with van der Waals surface area (Å²) in [6, 6.07) is 5.08. The van der Waals surface area contributed by atoms with Gasteiger partial charge in [-0.3, -0.25) is 4.98 Å². The van der Waals surface area contributed by atoms with Gasteiger partial charge in [-0.05, 0) is 36.4 Å². The average Bonchev–Trinajstić information content (AvgIpc) is 2.41. The normalized spacial score (nSPS) is 18.1. The zero-order valence-electron chi connectivity index (χ0n) is 10.3. The van der Waals surface area contributed by atoms with Gasteiger partial charge >= 0.3 is 0 Å². The molecule has 1 heterocycles. The van der Waals surface area contributed by atoms with Crippen LogP contribution in [0, 0.1) is 0 Å². The molecule has 1 aromatic carbocycles. The van der Waals surface area contributed by atoms with Crippen molar-refractivity contribution in [2.45, 2.75) is 12.6 Å². The van der Waals surface area contributed by atoms with Crippen molar-refractivity contribution in [1.82, 2.24) is 4.98 Å². The number of ether oxygens (including phenoxy) is 1. The summed E-state index contributed by atoms with van der Waals surface area (Å²) in [6.45, 7) is 0. The molecule has 2 nitrogen and oxygen atoms in total. The van der Waals surface area contributed by atoms with Crippen molar-refractivity contribution in [1.29, 1.82) is 0 Å². The van der Waals surface area contributed by atoms with Gasteiger partial charge in [-0.2, -0.15) is 0 Å². The van der Waals surface area contributed by atoms with Crippen molar-refractivity contribution in [3.05, 3.63) is 58.4 Å². The number of allylic oxidation sites excluding steroid dienone is 3. The van der Waals surface area contributed by atoms with Crippen molar-refractivity contribution in [3.63, 3.8) is 0 Å². The van der Waals surface area contributed by atoms with Crippen LogP contribution >= 0.6 is 23.2 Å². The van der Waals surface area contributed by atoms with Crippen LogP contribution in [0.1, 0.15) is 6.42 Å². The van der Waals surface area contributed by atoms with E-state index in [4.69, 9.17) is 27.9 Å². The number of fused-ring (bicyclic) bond motifs is 1. The Morgan fingerprint density at radius 2 is 2.15 bits per heavy atom. The molecule has 0 saturated heterocycles. The van der Waals surface area contributed by atoms with Gasteiger partial charge in [0.05, 0.1) is 15.9 Å². The number of pyridine rings is 1. The summed E-state index contributed by atoms with van der Waals surface area (Å²) in [5.74, 6) is 1.17. The Labute approximate surface area is 125 Å². The predicted octanol–water partition coefficient (Wildman–Crippen LogP) is 5.10. The van der Waals surface area contributed by atoms with E-state index < -0.39 is 6.17 Å². The van der Waals surface area contributed by atoms with E-state index in [1.165, 1.54) is 6.08 Å². The smallest absolute Gasteiger partial charge is 0.139 e. The fourth-order valence-electron chi connectivity index (χ4n) is 2.04. The van der Waals surface area contributed by atoms with E-state index >= 15 is 0 Å². The molecule has 0 N–H and O–H groups in total. The van der Waals surface area contributed by atoms with E-state index in [1.54, 1.807) is 36.5 Å². The van der Waals surface area contributed by atoms with E-state index in [2.05, 4.69) is 4.98 Å². The van der Waals surface area contributed by atoms with Gasteiger partial charge in [0.2, 0.25) is 0 Å². The molecule has 5 heteroatoms. The molecule has 0 bridgehead atoms. The van der Waals surface area contributed by atoms with Crippen molar-refractivity contribution < 1.29 is 9.13 Å². The van der Waals surface area contributed by atoms with E-state index in [1.807, 2.05) is 0 Å². The molecular formula is C15H10Cl2FNO. The van der Waals surface area contributed by atoms with Gasteiger partial charge in [0, 0.05) is 17.6 Å². The second-order valence-electron chi connectivity index (χ2n) is 4.41. The van der Waals surface area contributed by atoms with Gasteiger partial charge in [-0.1, -0.05) is 23.2 Å². The molecule has 2 aromatic rings. The van der Waals surface area contributed by atoms with Gasteiger partial charge in [0.15, 0.2) is 0 Å². The molecule has 20 heavy (non-hydrogen) atoms. The second kappa shape index (κ2) is 5.43. The number of rotatable bonds is 2. The SMILES string of the molecule is FC1C=CC(Oc2ccnc3cc(Cl)cc(Cl)c23)=CC1. The highest BCUT2D eigenvalue weighted by Crippen LogP contribution is 2.34. The van der Waals surface area contributed by atoms with Crippen molar-refractivity contribution in [3.8, 4) is 5.75 Å². The molecule has 3 rings (SSSR count). The predicted molar refractivity (Wildman–Crippen MR) is 79.1 cm³/mol. The van der Waals surface area contributed by atoms with Gasteiger partial charge in [0.1, 0.15) is 17.7 Å². The zero-order chi connectivity index (χ0) is 14.1. The van der Waals surface area contributed by atoms with Gasteiger partial charge < -0.3 is 4.74 Å². The Kier molecular flexibility index (Phi) is 3.64. The van der Waals surface area contributed by atoms with Crippen molar-refractivity contribution in [2.75, 3.05) is 0 Å². The molecule has 1 aromatic heterocycles. The third kappa shape index (κ3) is 2.65. The lowest BCUT2D eigenvalue weighted by Gasteiger charge is -2.13. The highest BCUT2D eigenvalue weighted by atomic mass is 35.5. The number of aromatic nitrogens is 1. The monoisotopic (exact) mass is 309 g/mol. The Hall–Kier alpha value is -1.58. The number of alkyl halides is 1. The molecule has 0 radical (unpaired) electrons. The van der Waals surface area contributed by atoms with E-state index in [9.17, 15) is 4.39 Å². The average molecular weight is 310 g/mol. The maximum Gasteiger partial charge on any atom is 0.139 e. The molecular weight excluding hydrogens is 300 g/mol. The lowest BCUT2D eigenvalue weighted by molar-refractivity contribution is 0.382. The second-order valence-corrected chi connectivity index (χ2v) is 5.25. The number of hydrogen-bond donors (Lipinski definition) is 0. The lowest BCUT2D eigenvalue weighted by Crippen LogP contribution is -2.03. The quantitative estimate of drug-likeness (QED) is 0.769. The highest BCUT2D eigenvalue weighted by Gasteiger charge is 2.12. The van der Waals surface area contributed by atoms with Crippen LogP contribution in [0.25, 0.3) is 10.9 Å². The highest BCUT2D eigenvalue weighted by molar-refractivity contribution is 6.39. The molecule has 102 valence electrons. The van der Waals surface area contributed by atoms with Crippen LogP contribution in [-0.2, 0) is 0 Å². The van der Waals surface area contributed by atoms with E-state index in [-0.39, 0.29) is 0 Å². The van der Waals surface area contributed by atoms with Crippen molar-refractivity contribution in [2.24, 2.45) is 0 Å². The fraction of sp³-hybridized carbons (Fsp3) is 0.133. The first-order valence-electron chi connectivity index (χ1n) is 6.07. The topological polar surface area (TPSA) is 22.1 Å². The molecule has 0 saturated carbocycles. The molecule has 0 amide bonds. The third-order valence-corrected chi connectivity index (χ3v) is 3.48. The lowest BCUT2D eigenvalue weighted by atomic mass is 10.1. The maximum atomic E-state index is 13.0. The molecule has 1 aliphatic carbocycles. The third-order valence-electron chi connectivity index (χ3n) is 2.96. The Morgan fingerprint density at radius 1 is 1.30 bits per heavy atom. The summed E-state index contributed by atoms with van der Waals surface area (Å²) in [5.41, 5.74) is 0.656. The number of benzene rings is 1. The summed E-state index contributed by atoms with van der Waals surface area (Å²) >= 11 is 12.2. The van der Waals surface area contributed by atoms with E-state index in [0.717, 1.165) is 0 Å². The summed E-state index contributed by atoms with van der Waals surface area (Å²) in [6.07, 6.45) is 5.78. The van der Waals surface area contributed by atoms with Gasteiger partial charge in [-0.25, -0.2) is 4.39 Å². The van der Waals surface area contributed by atoms with Crippen LogP contribution in [0.3, 0.4) is 0 Å². The maximum absolute atomic E-state index is 13.0. The zero-order valence-corrected chi connectivity index (χ0v) is 11.8. The fourth-order valence-corrected chi connectivity index (χ4v) is 2.61. The Bertz CT molecular complexity index is 727. The van der Waals surface area contributed by atoms with Crippen LogP contribution in [-0.4, -0.2) is 11.2 Å². The first-order chi connectivity index (χ1) is 9.63. The first kappa shape index (κ1) is 13.4. The number of nitrogens with zero attached hydrogens (tertiary/aromatic N) is 1. The Balaban J connectivity index is 2.02. The minimum absolute atomic E-state index is 0.314. The standard InChI is InChI=1S/C15H10Cl2FNO/c16-9-7-12(17)15-13(8-9)19-6-5-14(15)20-11-3-1-10(18)2-4-11/h1,3-8,10H,2H2. The van der Waals surface area contributed by atoms with E-state index in [0.29, 0.717) is 38.9 Å². The molecule has 1 unspecified atom stereocenters. The Morgan fingerprint density at radius 3 is 2.90 bits per heavy atom. The van der Waals surface area contributed by atoms with Crippen LogP contribution in [0.2, 0.25) is 10.0 Å². The van der Waals surface area contributed by atoms with Crippen LogP contribution in [0.4, 0.5) is 4.39 Å². The summed E-state index contributed by atoms with van der Waals surface area (Å²) in [4.78, 5) is 4.22. The van der Waals surface area contributed by atoms with Crippen LogP contribution in [0.5, 0.6) is 5.75 Å². The molecule has 0 spiro atoms. The number of halogens is 3. The summed E-state index contributed by atoms with van der Waals surface area (Å²) in [5, 5.41) is 1.68. The largest absolute Gasteiger partial charge is 0.457 e. The first-order valence-corrected chi connectivity index (χ1v) is 6.83. The molecule has 1 atom stereocenters. The van der Waals surface area contributed by atoms with Crippen LogP contribution in [0.15, 0.2) is 48.4 Å². The minimum atomic E-state index is -0.945. The van der Waals surface area contributed by atoms with Gasteiger partial charge in [-0.15, -0.1) is 0 Å². The van der Waals surface area contributed by atoms with Crippen LogP contribution < -0.4 is 4.74 Å². The van der Waals surface area contributed by atoms with Gasteiger partial charge in [0.25, 0.3) is 0 Å². The minimum Gasteiger partial charge on any atom is -0.457 e. The van der Waals surface area contributed by atoms with Crippen molar-refractivity contribution >= 4 is 34.1 Å².